The van der Waals surface area contributed by atoms with E-state index in [1.165, 1.54) is 12.1 Å². The number of carbonyl (C=O) groups is 1. The quantitative estimate of drug-likeness (QED) is 0.151. The van der Waals surface area contributed by atoms with E-state index < -0.39 is 0 Å². The third-order valence-corrected chi connectivity index (χ3v) is 10.9. The van der Waals surface area contributed by atoms with Gasteiger partial charge in [0.25, 0.3) is 5.91 Å². The van der Waals surface area contributed by atoms with E-state index in [9.17, 15) is 9.18 Å². The second kappa shape index (κ2) is 15.6. The number of likely N-dealkylation sites (tertiary alicyclic amines) is 2. The molecule has 3 aromatic carbocycles. The van der Waals surface area contributed by atoms with Crippen LogP contribution in [0, 0.1) is 5.82 Å². The largest absolute Gasteiger partial charge is 0.493 e. The van der Waals surface area contributed by atoms with E-state index in [2.05, 4.69) is 31.9 Å². The third kappa shape index (κ3) is 7.41. The van der Waals surface area contributed by atoms with Crippen molar-refractivity contribution in [2.45, 2.75) is 50.1 Å². The van der Waals surface area contributed by atoms with Crippen LogP contribution in [-0.2, 0) is 12.0 Å². The van der Waals surface area contributed by atoms with E-state index in [0.29, 0.717) is 41.9 Å². The minimum atomic E-state index is -0.320. The Morgan fingerprint density at radius 2 is 1.71 bits per heavy atom. The summed E-state index contributed by atoms with van der Waals surface area (Å²) in [5, 5.41) is 0. The standard InChI is InChI=1S/C41H47FN6O4/c1-50-36-24-30(25-37(51-2)38(36)52-3)39(49)47-20-7-17-41(28-47,31-11-13-32(42)14-12-31)18-23-46-21-15-33(16-22-46)48(27-29-8-6-19-43-26-29)40-44-34-9-4-5-10-35(34)45-40/h4-6,8-14,19,24-26,33H,7,15-18,20-23,27-28H2,1-3H3,(H,44,45). The number of nitrogens with one attached hydrogen (secondary N) is 1. The molecule has 0 radical (unpaired) electrons. The molecule has 0 saturated carbocycles. The van der Waals surface area contributed by atoms with Crippen molar-refractivity contribution in [3.05, 3.63) is 108 Å². The number of benzene rings is 3. The Hall–Kier alpha value is -5.16. The average molecular weight is 707 g/mol. The third-order valence-electron chi connectivity index (χ3n) is 10.9. The van der Waals surface area contributed by atoms with Crippen molar-refractivity contribution in [3.63, 3.8) is 0 Å². The van der Waals surface area contributed by atoms with E-state index in [-0.39, 0.29) is 17.1 Å². The lowest BCUT2D eigenvalue weighted by atomic mass is 9.71. The Balaban J connectivity index is 1.07. The van der Waals surface area contributed by atoms with Crippen LogP contribution < -0.4 is 19.1 Å². The van der Waals surface area contributed by atoms with Gasteiger partial charge in [0, 0.05) is 62.1 Å². The van der Waals surface area contributed by atoms with Gasteiger partial charge in [-0.15, -0.1) is 0 Å². The van der Waals surface area contributed by atoms with Crippen molar-refractivity contribution in [2.24, 2.45) is 0 Å². The van der Waals surface area contributed by atoms with Crippen LogP contribution in [0.1, 0.15) is 53.6 Å². The molecular formula is C41H47FN6O4. The summed E-state index contributed by atoms with van der Waals surface area (Å²) in [5.74, 6) is 1.86. The minimum Gasteiger partial charge on any atom is -0.493 e. The number of imidazole rings is 1. The average Bonchev–Trinajstić information content (AvgIpc) is 3.63. The summed E-state index contributed by atoms with van der Waals surface area (Å²) in [6.07, 6.45) is 8.33. The van der Waals surface area contributed by atoms with Gasteiger partial charge < -0.3 is 33.9 Å². The van der Waals surface area contributed by atoms with Crippen LogP contribution in [-0.4, -0.2) is 90.8 Å². The topological polar surface area (TPSA) is 96.1 Å². The lowest BCUT2D eigenvalue weighted by molar-refractivity contribution is 0.0605. The minimum absolute atomic E-state index is 0.0921. The van der Waals surface area contributed by atoms with E-state index in [1.807, 2.05) is 47.5 Å². The van der Waals surface area contributed by atoms with Crippen LogP contribution >= 0.6 is 0 Å². The zero-order valence-corrected chi connectivity index (χ0v) is 30.2. The maximum atomic E-state index is 14.2. The number of carbonyl (C=O) groups excluding carboxylic acids is 1. The number of aromatic nitrogens is 3. The second-order valence-electron chi connectivity index (χ2n) is 13.9. The number of ether oxygens (including phenoxy) is 3. The fraction of sp³-hybridized carbons (Fsp3) is 0.390. The number of hydrogen-bond acceptors (Lipinski definition) is 8. The normalized spacial score (nSPS) is 18.3. The van der Waals surface area contributed by atoms with Gasteiger partial charge in [0.2, 0.25) is 11.7 Å². The SMILES string of the molecule is COc1cc(C(=O)N2CCCC(CCN3CCC(N(Cc4cccnc4)c4nc5ccccc5[nH]4)CC3)(c3ccc(F)cc3)C2)cc(OC)c1OC. The molecule has 2 saturated heterocycles. The lowest BCUT2D eigenvalue weighted by Crippen LogP contribution is -2.51. The molecule has 52 heavy (non-hydrogen) atoms. The number of hydrogen-bond donors (Lipinski definition) is 1. The number of para-hydroxylation sites is 2. The van der Waals surface area contributed by atoms with Gasteiger partial charge in [-0.25, -0.2) is 9.37 Å². The number of methoxy groups -OCH3 is 3. The zero-order valence-electron chi connectivity index (χ0n) is 30.2. The Morgan fingerprint density at radius 1 is 0.962 bits per heavy atom. The number of anilines is 1. The first-order valence-electron chi connectivity index (χ1n) is 18.1. The molecule has 5 aromatic rings. The summed E-state index contributed by atoms with van der Waals surface area (Å²) in [4.78, 5) is 33.9. The number of pyridine rings is 1. The van der Waals surface area contributed by atoms with Crippen molar-refractivity contribution >= 4 is 22.9 Å². The van der Waals surface area contributed by atoms with Gasteiger partial charge in [-0.05, 0) is 92.2 Å². The molecule has 0 aliphatic carbocycles. The molecule has 2 aliphatic rings. The molecule has 2 aromatic heterocycles. The highest BCUT2D eigenvalue weighted by atomic mass is 19.1. The van der Waals surface area contributed by atoms with Crippen LogP contribution in [0.2, 0.25) is 0 Å². The molecule has 0 bridgehead atoms. The monoisotopic (exact) mass is 706 g/mol. The summed E-state index contributed by atoms with van der Waals surface area (Å²) in [6.45, 7) is 4.67. The number of rotatable bonds is 12. The molecule has 4 heterocycles. The van der Waals surface area contributed by atoms with Crippen molar-refractivity contribution in [1.82, 2.24) is 24.8 Å². The summed E-state index contributed by atoms with van der Waals surface area (Å²) in [5.41, 5.74) is 4.37. The maximum absolute atomic E-state index is 14.2. The molecule has 1 N–H and O–H groups in total. The van der Waals surface area contributed by atoms with Crippen LogP contribution in [0.15, 0.2) is 85.2 Å². The number of amides is 1. The summed E-state index contributed by atoms with van der Waals surface area (Å²) >= 11 is 0. The fourth-order valence-corrected chi connectivity index (χ4v) is 8.05. The Bertz CT molecular complexity index is 1910. The van der Waals surface area contributed by atoms with Crippen molar-refractivity contribution < 1.29 is 23.4 Å². The summed E-state index contributed by atoms with van der Waals surface area (Å²) < 4.78 is 30.8. The Labute approximate surface area is 304 Å². The molecule has 7 rings (SSSR count). The highest BCUT2D eigenvalue weighted by molar-refractivity contribution is 5.96. The molecule has 11 heteroatoms. The number of piperidine rings is 2. The molecule has 2 aliphatic heterocycles. The smallest absolute Gasteiger partial charge is 0.254 e. The fourth-order valence-electron chi connectivity index (χ4n) is 8.05. The highest BCUT2D eigenvalue weighted by Crippen LogP contribution is 2.41. The van der Waals surface area contributed by atoms with Gasteiger partial charge in [-0.3, -0.25) is 9.78 Å². The van der Waals surface area contributed by atoms with Gasteiger partial charge in [0.1, 0.15) is 5.82 Å². The number of fused-ring (bicyclic) bond motifs is 1. The van der Waals surface area contributed by atoms with E-state index >= 15 is 0 Å². The van der Waals surface area contributed by atoms with Gasteiger partial charge in [0.05, 0.1) is 32.4 Å². The number of aromatic amines is 1. The zero-order chi connectivity index (χ0) is 36.1. The molecule has 272 valence electrons. The summed E-state index contributed by atoms with van der Waals surface area (Å²) in [6, 6.07) is 22.9. The lowest BCUT2D eigenvalue weighted by Gasteiger charge is -2.45. The van der Waals surface area contributed by atoms with Crippen molar-refractivity contribution in [3.8, 4) is 17.2 Å². The Kier molecular flexibility index (Phi) is 10.6. The van der Waals surface area contributed by atoms with Gasteiger partial charge in [-0.1, -0.05) is 30.3 Å². The first-order chi connectivity index (χ1) is 25.4. The van der Waals surface area contributed by atoms with Gasteiger partial charge >= 0.3 is 0 Å². The van der Waals surface area contributed by atoms with Crippen LogP contribution in [0.4, 0.5) is 10.3 Å². The van der Waals surface area contributed by atoms with E-state index in [0.717, 1.165) is 86.4 Å². The van der Waals surface area contributed by atoms with Gasteiger partial charge in [-0.2, -0.15) is 0 Å². The Morgan fingerprint density at radius 3 is 2.38 bits per heavy atom. The molecule has 1 unspecified atom stereocenters. The van der Waals surface area contributed by atoms with Crippen LogP contribution in [0.25, 0.3) is 11.0 Å². The number of halogens is 1. The van der Waals surface area contributed by atoms with Crippen molar-refractivity contribution in [2.75, 3.05) is 59.0 Å². The van der Waals surface area contributed by atoms with Crippen LogP contribution in [0.3, 0.4) is 0 Å². The van der Waals surface area contributed by atoms with E-state index in [1.54, 1.807) is 39.7 Å². The van der Waals surface area contributed by atoms with Gasteiger partial charge in [0.15, 0.2) is 11.5 Å². The molecule has 2 fully saturated rings. The van der Waals surface area contributed by atoms with Crippen LogP contribution in [0.5, 0.6) is 17.2 Å². The molecular weight excluding hydrogens is 659 g/mol. The maximum Gasteiger partial charge on any atom is 0.254 e. The summed E-state index contributed by atoms with van der Waals surface area (Å²) in [7, 11) is 4.64. The van der Waals surface area contributed by atoms with Crippen molar-refractivity contribution in [1.29, 1.82) is 0 Å². The second-order valence-corrected chi connectivity index (χ2v) is 13.9. The molecule has 1 atom stereocenters. The van der Waals surface area contributed by atoms with E-state index in [4.69, 9.17) is 19.2 Å². The highest BCUT2D eigenvalue weighted by Gasteiger charge is 2.40. The molecule has 10 nitrogen and oxygen atoms in total. The number of nitrogens with zero attached hydrogens (tertiary/aromatic N) is 5. The molecule has 1 amide bonds. The first kappa shape index (κ1) is 35.3. The predicted molar refractivity (Wildman–Crippen MR) is 200 cm³/mol. The first-order valence-corrected chi connectivity index (χ1v) is 18.1. The molecule has 0 spiro atoms. The predicted octanol–water partition coefficient (Wildman–Crippen LogP) is 6.86. The number of H-pyrrole nitrogens is 1.